The van der Waals surface area contributed by atoms with E-state index in [-0.39, 0.29) is 42.7 Å². The van der Waals surface area contributed by atoms with Gasteiger partial charge in [-0.15, -0.1) is 0 Å². The minimum absolute atomic E-state index is 0. The molecule has 5 N–H and O–H groups in total. The summed E-state index contributed by atoms with van der Waals surface area (Å²) in [6.45, 7) is 8.55. The topological polar surface area (TPSA) is 116 Å². The van der Waals surface area contributed by atoms with Gasteiger partial charge in [-0.05, 0) is 55.7 Å². The summed E-state index contributed by atoms with van der Waals surface area (Å²) in [6.07, 6.45) is 2.74. The standard InChI is InChI=1S/C26H40ClN3O4.ClH/c1-17(2)21(29-22(32)18-9-10-25(28,15-18)12-14-31)23(33)30-13-11-26(34,24(3,4)16-30)19-5-7-20(27)8-6-19;/h5-8,17-18,21,31,34H,9-16,28H2,1-4H3,(H,29,32);1H/p-1/t18-,21-,25?,26+;/m1./s1. The van der Waals surface area contributed by atoms with Crippen LogP contribution in [0.25, 0.3) is 0 Å². The first-order chi connectivity index (χ1) is 15.8. The number of likely N-dealkylation sites (tertiary alicyclic amines) is 1. The van der Waals surface area contributed by atoms with Crippen molar-refractivity contribution in [1.82, 2.24) is 10.2 Å². The quantitative estimate of drug-likeness (QED) is 0.391. The van der Waals surface area contributed by atoms with Gasteiger partial charge in [0.1, 0.15) is 6.04 Å². The molecule has 9 heteroatoms. The molecule has 1 saturated carbocycles. The molecule has 2 fully saturated rings. The third-order valence-corrected chi connectivity index (χ3v) is 8.19. The molecule has 1 saturated heterocycles. The minimum atomic E-state index is -1.09. The molecule has 198 valence electrons. The van der Waals surface area contributed by atoms with Crippen LogP contribution in [0.5, 0.6) is 0 Å². The number of carbonyl (C=O) groups is 2. The van der Waals surface area contributed by atoms with E-state index in [4.69, 9.17) is 17.3 Å². The van der Waals surface area contributed by atoms with E-state index in [1.165, 1.54) is 0 Å². The van der Waals surface area contributed by atoms with Gasteiger partial charge in [-0.25, -0.2) is 0 Å². The van der Waals surface area contributed by atoms with Crippen molar-refractivity contribution in [3.8, 4) is 0 Å². The summed E-state index contributed by atoms with van der Waals surface area (Å²) in [4.78, 5) is 28.4. The molecule has 0 radical (unpaired) electrons. The monoisotopic (exact) mass is 528 g/mol. The van der Waals surface area contributed by atoms with E-state index in [0.717, 1.165) is 5.56 Å². The number of carbonyl (C=O) groups excluding carboxylic acids is 2. The van der Waals surface area contributed by atoms with Crippen molar-refractivity contribution in [2.75, 3.05) is 19.7 Å². The molecular weight excluding hydrogens is 489 g/mol. The van der Waals surface area contributed by atoms with Crippen LogP contribution in [0.3, 0.4) is 0 Å². The number of benzene rings is 1. The fourth-order valence-electron chi connectivity index (χ4n) is 5.58. The average Bonchev–Trinajstić information content (AvgIpc) is 3.15. The highest BCUT2D eigenvalue weighted by Gasteiger charge is 2.50. The van der Waals surface area contributed by atoms with Gasteiger partial charge in [-0.2, -0.15) is 0 Å². The van der Waals surface area contributed by atoms with Crippen LogP contribution in [-0.4, -0.2) is 58.2 Å². The molecule has 1 aliphatic carbocycles. The van der Waals surface area contributed by atoms with Gasteiger partial charge < -0.3 is 38.6 Å². The number of nitrogens with one attached hydrogen (secondary N) is 1. The Hall–Kier alpha value is -1.38. The van der Waals surface area contributed by atoms with Crippen molar-refractivity contribution in [2.45, 2.75) is 77.0 Å². The molecule has 2 amide bonds. The predicted octanol–water partition coefficient (Wildman–Crippen LogP) is -0.189. The zero-order chi connectivity index (χ0) is 25.3. The summed E-state index contributed by atoms with van der Waals surface area (Å²) < 4.78 is 0. The molecule has 35 heavy (non-hydrogen) atoms. The molecule has 4 atom stereocenters. The number of nitrogens with zero attached hydrogens (tertiary/aromatic N) is 1. The first-order valence-electron chi connectivity index (χ1n) is 12.3. The van der Waals surface area contributed by atoms with E-state index >= 15 is 0 Å². The van der Waals surface area contributed by atoms with E-state index in [1.54, 1.807) is 17.0 Å². The lowest BCUT2D eigenvalue weighted by Crippen LogP contribution is -3.00. The molecule has 1 unspecified atom stereocenters. The molecule has 3 rings (SSSR count). The number of amides is 2. The maximum Gasteiger partial charge on any atom is 0.245 e. The second-order valence-corrected chi connectivity index (χ2v) is 11.7. The Balaban J connectivity index is 0.00000432. The third kappa shape index (κ3) is 6.31. The minimum Gasteiger partial charge on any atom is -1.00 e. The van der Waals surface area contributed by atoms with Crippen molar-refractivity contribution >= 4 is 23.4 Å². The average molecular weight is 530 g/mol. The van der Waals surface area contributed by atoms with Crippen molar-refractivity contribution in [3.63, 3.8) is 0 Å². The van der Waals surface area contributed by atoms with Crippen molar-refractivity contribution in [3.05, 3.63) is 34.9 Å². The highest BCUT2D eigenvalue weighted by Crippen LogP contribution is 2.46. The lowest BCUT2D eigenvalue weighted by Gasteiger charge is -2.51. The van der Waals surface area contributed by atoms with Gasteiger partial charge in [-0.3, -0.25) is 9.59 Å². The first kappa shape index (κ1) is 29.8. The molecule has 1 aromatic carbocycles. The van der Waals surface area contributed by atoms with Gasteiger partial charge in [0.2, 0.25) is 11.8 Å². The van der Waals surface area contributed by atoms with Gasteiger partial charge in [-0.1, -0.05) is 51.4 Å². The molecule has 0 spiro atoms. The second kappa shape index (κ2) is 11.3. The van der Waals surface area contributed by atoms with Gasteiger partial charge in [0.25, 0.3) is 0 Å². The molecule has 1 heterocycles. The van der Waals surface area contributed by atoms with Crippen LogP contribution in [0, 0.1) is 17.3 Å². The van der Waals surface area contributed by atoms with Crippen LogP contribution < -0.4 is 23.5 Å². The van der Waals surface area contributed by atoms with Crippen molar-refractivity contribution in [2.24, 2.45) is 23.0 Å². The van der Waals surface area contributed by atoms with E-state index < -0.39 is 22.6 Å². The smallest absolute Gasteiger partial charge is 0.245 e. The van der Waals surface area contributed by atoms with Crippen LogP contribution in [0.1, 0.15) is 65.4 Å². The summed E-state index contributed by atoms with van der Waals surface area (Å²) in [7, 11) is 0. The van der Waals surface area contributed by atoms with Gasteiger partial charge in [0.15, 0.2) is 0 Å². The van der Waals surface area contributed by atoms with Crippen LogP contribution in [0.15, 0.2) is 24.3 Å². The van der Waals surface area contributed by atoms with E-state index in [2.05, 4.69) is 5.32 Å². The Labute approximate surface area is 220 Å². The molecular formula is C26H40Cl2N3O4-. The van der Waals surface area contributed by atoms with Crippen LogP contribution in [0.2, 0.25) is 5.02 Å². The van der Waals surface area contributed by atoms with Crippen LogP contribution in [-0.2, 0) is 15.2 Å². The number of aliphatic hydroxyl groups is 2. The number of hydrogen-bond donors (Lipinski definition) is 4. The molecule has 1 aromatic rings. The van der Waals surface area contributed by atoms with Gasteiger partial charge >= 0.3 is 0 Å². The number of rotatable bonds is 7. The zero-order valence-electron chi connectivity index (χ0n) is 21.2. The van der Waals surface area contributed by atoms with Crippen LogP contribution >= 0.6 is 11.6 Å². The third-order valence-electron chi connectivity index (χ3n) is 7.94. The highest BCUT2D eigenvalue weighted by atomic mass is 35.5. The molecule has 7 nitrogen and oxygen atoms in total. The summed E-state index contributed by atoms with van der Waals surface area (Å²) in [5.74, 6) is -0.607. The predicted molar refractivity (Wildman–Crippen MR) is 133 cm³/mol. The van der Waals surface area contributed by atoms with E-state index in [0.29, 0.717) is 50.2 Å². The van der Waals surface area contributed by atoms with E-state index in [1.807, 2.05) is 39.8 Å². The van der Waals surface area contributed by atoms with E-state index in [9.17, 15) is 19.8 Å². The second-order valence-electron chi connectivity index (χ2n) is 11.3. The Bertz CT molecular complexity index is 895. The molecule has 0 aromatic heterocycles. The first-order valence-corrected chi connectivity index (χ1v) is 12.7. The zero-order valence-corrected chi connectivity index (χ0v) is 22.7. The summed E-state index contributed by atoms with van der Waals surface area (Å²) in [6, 6.07) is 6.58. The molecule has 0 bridgehead atoms. The Kier molecular flexibility index (Phi) is 9.67. The fourth-order valence-corrected chi connectivity index (χ4v) is 5.71. The normalized spacial score (nSPS) is 28.9. The number of piperidine rings is 1. The Morgan fingerprint density at radius 3 is 2.40 bits per heavy atom. The lowest BCUT2D eigenvalue weighted by molar-refractivity contribution is -0.157. The number of hydrogen-bond acceptors (Lipinski definition) is 5. The SMILES string of the molecule is CC(C)[C@@H](NC(=O)[C@@H]1CCC(N)(CCO)C1)C(=O)N1CC[C@](O)(c2ccc(Cl)cc2)C(C)(C)C1.[Cl-]. The molecule has 1 aliphatic heterocycles. The Morgan fingerprint density at radius 2 is 1.86 bits per heavy atom. The lowest BCUT2D eigenvalue weighted by atomic mass is 9.66. The Morgan fingerprint density at radius 1 is 1.23 bits per heavy atom. The summed E-state index contributed by atoms with van der Waals surface area (Å²) in [5, 5.41) is 24.5. The molecule has 2 aliphatic rings. The fraction of sp³-hybridized carbons (Fsp3) is 0.692. The number of nitrogens with two attached hydrogens (primary N) is 1. The van der Waals surface area contributed by atoms with Crippen molar-refractivity contribution < 1.29 is 32.2 Å². The van der Waals surface area contributed by atoms with Gasteiger partial charge in [0.05, 0.1) is 5.60 Å². The maximum atomic E-state index is 13.6. The summed E-state index contributed by atoms with van der Waals surface area (Å²) >= 11 is 6.03. The maximum absolute atomic E-state index is 13.6. The van der Waals surface area contributed by atoms with Crippen molar-refractivity contribution in [1.29, 1.82) is 0 Å². The van der Waals surface area contributed by atoms with Crippen LogP contribution in [0.4, 0.5) is 0 Å². The summed E-state index contributed by atoms with van der Waals surface area (Å²) in [5.41, 5.74) is 4.91. The number of halogens is 2. The highest BCUT2D eigenvalue weighted by molar-refractivity contribution is 6.30. The largest absolute Gasteiger partial charge is 1.00 e. The number of aliphatic hydroxyl groups excluding tert-OH is 1. The van der Waals surface area contributed by atoms with Gasteiger partial charge in [0, 0.05) is 41.6 Å².